The number of hydrogen-bond donors (Lipinski definition) is 1. The zero-order valence-corrected chi connectivity index (χ0v) is 6.85. The fourth-order valence-corrected chi connectivity index (χ4v) is 0.551. The highest BCUT2D eigenvalue weighted by Gasteiger charge is 2.11. The summed E-state index contributed by atoms with van der Waals surface area (Å²) < 4.78 is 34.0. The summed E-state index contributed by atoms with van der Waals surface area (Å²) in [4.78, 5) is 20.6. The fraction of sp³-hybridized carbons (Fsp3) is 0.500. The summed E-state index contributed by atoms with van der Waals surface area (Å²) in [6.07, 6.45) is -0.560. The van der Waals surface area contributed by atoms with Gasteiger partial charge in [-0.05, 0) is 6.92 Å². The third kappa shape index (κ3) is 7.09. The van der Waals surface area contributed by atoms with Crippen LogP contribution in [0.3, 0.4) is 0 Å². The van der Waals surface area contributed by atoms with E-state index in [1.54, 1.807) is 0 Å². The molecule has 12 heavy (non-hydrogen) atoms. The van der Waals surface area contributed by atoms with Crippen LogP contribution in [0, 0.1) is 0 Å². The molecule has 0 aromatic rings. The van der Waals surface area contributed by atoms with Gasteiger partial charge in [-0.1, -0.05) is 3.89 Å². The van der Waals surface area contributed by atoms with Gasteiger partial charge in [-0.15, -0.1) is 4.28 Å². The second-order valence-corrected chi connectivity index (χ2v) is 2.83. The van der Waals surface area contributed by atoms with Crippen molar-refractivity contribution in [2.75, 3.05) is 0 Å². The first-order chi connectivity index (χ1) is 5.31. The molecular formula is C4H6FNO5S. The number of hydroxylamine groups is 1. The van der Waals surface area contributed by atoms with Gasteiger partial charge in [0.1, 0.15) is 5.78 Å². The van der Waals surface area contributed by atoms with Gasteiger partial charge in [0.2, 0.25) is 0 Å². The third-order valence-electron chi connectivity index (χ3n) is 0.665. The summed E-state index contributed by atoms with van der Waals surface area (Å²) in [6, 6.07) is 0. The average Bonchev–Trinajstić information content (AvgIpc) is 1.80. The highest BCUT2D eigenvalue weighted by molar-refractivity contribution is 7.81. The lowest BCUT2D eigenvalue weighted by Gasteiger charge is -1.97. The Hall–Kier alpha value is -1.02. The molecule has 0 saturated carbocycles. The number of nitrogens with one attached hydrogen (secondary N) is 1. The van der Waals surface area contributed by atoms with Crippen molar-refractivity contribution in [3.05, 3.63) is 0 Å². The molecule has 0 unspecified atom stereocenters. The lowest BCUT2D eigenvalue weighted by Crippen LogP contribution is -2.26. The van der Waals surface area contributed by atoms with Gasteiger partial charge in [-0.2, -0.15) is 8.42 Å². The van der Waals surface area contributed by atoms with Gasteiger partial charge < -0.3 is 0 Å². The predicted octanol–water partition coefficient (Wildman–Crippen LogP) is -0.772. The smallest absolute Gasteiger partial charge is 0.299 e. The van der Waals surface area contributed by atoms with Gasteiger partial charge in [0, 0.05) is 0 Å². The summed E-state index contributed by atoms with van der Waals surface area (Å²) in [7, 11) is -5.20. The molecule has 0 saturated heterocycles. The van der Waals surface area contributed by atoms with Gasteiger partial charge in [0.05, 0.1) is 6.42 Å². The average molecular weight is 199 g/mol. The van der Waals surface area contributed by atoms with E-state index in [1.807, 2.05) is 0 Å². The SMILES string of the molecule is CC(=O)CC(=O)NOS(=O)(=O)F. The lowest BCUT2D eigenvalue weighted by molar-refractivity contribution is -0.132. The van der Waals surface area contributed by atoms with Crippen LogP contribution in [0.2, 0.25) is 0 Å². The van der Waals surface area contributed by atoms with Crippen LogP contribution in [0.15, 0.2) is 0 Å². The molecule has 70 valence electrons. The van der Waals surface area contributed by atoms with E-state index in [1.165, 1.54) is 5.48 Å². The first kappa shape index (κ1) is 11.0. The lowest BCUT2D eigenvalue weighted by atomic mass is 10.3. The molecule has 0 bridgehead atoms. The Morgan fingerprint density at radius 3 is 2.33 bits per heavy atom. The molecule has 0 spiro atoms. The van der Waals surface area contributed by atoms with Gasteiger partial charge >= 0.3 is 10.5 Å². The maximum absolute atomic E-state index is 11.5. The van der Waals surface area contributed by atoms with Crippen molar-refractivity contribution in [3.63, 3.8) is 0 Å². The van der Waals surface area contributed by atoms with Crippen LogP contribution in [0.1, 0.15) is 13.3 Å². The number of carbonyl (C=O) groups excluding carboxylic acids is 2. The van der Waals surface area contributed by atoms with Crippen molar-refractivity contribution in [3.8, 4) is 0 Å². The van der Waals surface area contributed by atoms with Gasteiger partial charge in [0.25, 0.3) is 5.91 Å². The van der Waals surface area contributed by atoms with Crippen LogP contribution >= 0.6 is 0 Å². The Balaban J connectivity index is 3.81. The summed E-state index contributed by atoms with van der Waals surface area (Å²) in [5, 5.41) is 0. The topological polar surface area (TPSA) is 89.5 Å². The quantitative estimate of drug-likeness (QED) is 0.364. The summed E-state index contributed by atoms with van der Waals surface area (Å²) >= 11 is 0. The Bertz CT molecular complexity index is 284. The molecule has 0 aliphatic carbocycles. The summed E-state index contributed by atoms with van der Waals surface area (Å²) in [5.74, 6) is -1.52. The molecule has 8 heteroatoms. The number of hydrogen-bond acceptors (Lipinski definition) is 5. The molecule has 0 aliphatic heterocycles. The zero-order valence-electron chi connectivity index (χ0n) is 6.03. The van der Waals surface area contributed by atoms with Crippen molar-refractivity contribution < 1.29 is 26.2 Å². The van der Waals surface area contributed by atoms with Crippen LogP contribution in [-0.2, 0) is 24.4 Å². The monoisotopic (exact) mass is 199 g/mol. The molecule has 0 aromatic heterocycles. The molecule has 0 rings (SSSR count). The Kier molecular flexibility index (Phi) is 3.77. The first-order valence-electron chi connectivity index (χ1n) is 2.72. The summed E-state index contributed by atoms with van der Waals surface area (Å²) in [5.41, 5.74) is 1.23. The maximum atomic E-state index is 11.5. The van der Waals surface area contributed by atoms with E-state index in [9.17, 15) is 21.9 Å². The Morgan fingerprint density at radius 2 is 2.00 bits per heavy atom. The minimum Gasteiger partial charge on any atom is -0.299 e. The second kappa shape index (κ2) is 4.12. The number of halogens is 1. The van der Waals surface area contributed by atoms with Crippen molar-refractivity contribution >= 4 is 22.2 Å². The second-order valence-electron chi connectivity index (χ2n) is 1.88. The molecular weight excluding hydrogens is 193 g/mol. The third-order valence-corrected chi connectivity index (χ3v) is 0.947. The molecule has 0 radical (unpaired) electrons. The molecule has 0 aromatic carbocycles. The largest absolute Gasteiger partial charge is 0.458 e. The van der Waals surface area contributed by atoms with E-state index >= 15 is 0 Å². The van der Waals surface area contributed by atoms with Crippen molar-refractivity contribution in [2.24, 2.45) is 0 Å². The highest BCUT2D eigenvalue weighted by atomic mass is 32.3. The Labute approximate surface area is 68.1 Å². The number of carbonyl (C=O) groups is 2. The minimum atomic E-state index is -5.20. The van der Waals surface area contributed by atoms with Gasteiger partial charge in [0.15, 0.2) is 0 Å². The molecule has 0 atom stereocenters. The minimum absolute atomic E-state index is 0.493. The van der Waals surface area contributed by atoms with Gasteiger partial charge in [-0.3, -0.25) is 9.59 Å². The molecule has 1 amide bonds. The van der Waals surface area contributed by atoms with Gasteiger partial charge in [-0.25, -0.2) is 5.48 Å². The molecule has 1 N–H and O–H groups in total. The number of Topliss-reactive ketones (excluding diaryl/α,β-unsaturated/α-hetero) is 1. The van der Waals surface area contributed by atoms with E-state index in [2.05, 4.69) is 4.28 Å². The fourth-order valence-electron chi connectivity index (χ4n) is 0.358. The van der Waals surface area contributed by atoms with Crippen molar-refractivity contribution in [1.82, 2.24) is 5.48 Å². The van der Waals surface area contributed by atoms with E-state index < -0.39 is 28.6 Å². The molecule has 6 nitrogen and oxygen atoms in total. The van der Waals surface area contributed by atoms with E-state index in [4.69, 9.17) is 0 Å². The molecule has 0 aliphatic rings. The number of ketones is 1. The van der Waals surface area contributed by atoms with Crippen LogP contribution in [-0.4, -0.2) is 20.1 Å². The van der Waals surface area contributed by atoms with Crippen LogP contribution in [0.5, 0.6) is 0 Å². The predicted molar refractivity (Wildman–Crippen MR) is 34.6 cm³/mol. The van der Waals surface area contributed by atoms with Crippen molar-refractivity contribution in [2.45, 2.75) is 13.3 Å². The van der Waals surface area contributed by atoms with Crippen LogP contribution in [0.25, 0.3) is 0 Å². The standard InChI is InChI=1S/C4H6FNO5S/c1-3(7)2-4(8)6-11-12(5,9)10/h2H2,1H3,(H,6,8). The molecule has 0 heterocycles. The maximum Gasteiger partial charge on any atom is 0.458 e. The first-order valence-corrected chi connectivity index (χ1v) is 4.03. The normalized spacial score (nSPS) is 10.8. The molecule has 0 fully saturated rings. The zero-order chi connectivity index (χ0) is 9.78. The van der Waals surface area contributed by atoms with Crippen LogP contribution in [0.4, 0.5) is 3.89 Å². The number of amides is 1. The summed E-state index contributed by atoms with van der Waals surface area (Å²) in [6.45, 7) is 1.11. The van der Waals surface area contributed by atoms with E-state index in [0.717, 1.165) is 6.92 Å². The Morgan fingerprint density at radius 1 is 1.50 bits per heavy atom. The van der Waals surface area contributed by atoms with E-state index in [0.29, 0.717) is 0 Å². The number of rotatable bonds is 4. The van der Waals surface area contributed by atoms with E-state index in [-0.39, 0.29) is 0 Å². The van der Waals surface area contributed by atoms with Crippen molar-refractivity contribution in [1.29, 1.82) is 0 Å². The highest BCUT2D eigenvalue weighted by Crippen LogP contribution is 1.90. The van der Waals surface area contributed by atoms with Crippen LogP contribution < -0.4 is 5.48 Å².